The molecular weight excluding hydrogens is 328 g/mol. The number of nitrogens with zero attached hydrogens (tertiary/aromatic N) is 3. The Morgan fingerprint density at radius 1 is 1.32 bits per heavy atom. The Hall–Kier alpha value is -1.90. The maximum Gasteiger partial charge on any atom is 0.144 e. The van der Waals surface area contributed by atoms with Crippen LogP contribution < -0.4 is 5.32 Å². The smallest absolute Gasteiger partial charge is 0.144 e. The van der Waals surface area contributed by atoms with E-state index in [9.17, 15) is 5.26 Å². The number of rotatable bonds is 5. The maximum absolute atomic E-state index is 9.41. The molecule has 1 N–H and O–H groups in total. The highest BCUT2D eigenvalue weighted by Gasteiger charge is 2.21. The third kappa shape index (κ3) is 3.86. The third-order valence-electron chi connectivity index (χ3n) is 5.40. The number of anilines is 1. The van der Waals surface area contributed by atoms with Gasteiger partial charge in [-0.25, -0.2) is 4.98 Å². The lowest BCUT2D eigenvalue weighted by molar-refractivity contribution is 0.184. The summed E-state index contributed by atoms with van der Waals surface area (Å²) in [5.74, 6) is 1.46. The summed E-state index contributed by atoms with van der Waals surface area (Å²) in [6.07, 6.45) is 5.71. The summed E-state index contributed by atoms with van der Waals surface area (Å²) in [5.41, 5.74) is 3.16. The van der Waals surface area contributed by atoms with Crippen molar-refractivity contribution in [2.75, 3.05) is 25.0 Å². The highest BCUT2D eigenvalue weighted by Crippen LogP contribution is 2.26. The fourth-order valence-electron chi connectivity index (χ4n) is 3.90. The SMILES string of the molecule is N#Cc1cc2c(nc1NCC1CCN(Cc3cccs3)CC1)CCC2. The Balaban J connectivity index is 1.30. The summed E-state index contributed by atoms with van der Waals surface area (Å²) in [7, 11) is 0. The van der Waals surface area contributed by atoms with Crippen LogP contribution in [0.25, 0.3) is 0 Å². The van der Waals surface area contributed by atoms with Crippen LogP contribution in [0.3, 0.4) is 0 Å². The minimum absolute atomic E-state index is 0.668. The van der Waals surface area contributed by atoms with E-state index in [2.05, 4.69) is 33.8 Å². The summed E-state index contributed by atoms with van der Waals surface area (Å²) in [5, 5.41) is 15.0. The quantitative estimate of drug-likeness (QED) is 0.888. The van der Waals surface area contributed by atoms with Crippen LogP contribution in [-0.4, -0.2) is 29.5 Å². The van der Waals surface area contributed by atoms with Gasteiger partial charge in [0.05, 0.1) is 5.56 Å². The highest BCUT2D eigenvalue weighted by molar-refractivity contribution is 7.09. The zero-order chi connectivity index (χ0) is 17.1. The van der Waals surface area contributed by atoms with E-state index in [1.54, 1.807) is 0 Å². The molecule has 0 bridgehead atoms. The Labute approximate surface area is 153 Å². The fraction of sp³-hybridized carbons (Fsp3) is 0.500. The first kappa shape index (κ1) is 16.6. The Morgan fingerprint density at radius 2 is 2.20 bits per heavy atom. The van der Waals surface area contributed by atoms with Gasteiger partial charge in [0.15, 0.2) is 0 Å². The van der Waals surface area contributed by atoms with Crippen LogP contribution in [0.1, 0.15) is 41.0 Å². The van der Waals surface area contributed by atoms with Crippen LogP contribution >= 0.6 is 11.3 Å². The molecular formula is C20H24N4S. The van der Waals surface area contributed by atoms with Gasteiger partial charge in [0.25, 0.3) is 0 Å². The van der Waals surface area contributed by atoms with Crippen molar-refractivity contribution in [1.29, 1.82) is 5.26 Å². The molecule has 25 heavy (non-hydrogen) atoms. The van der Waals surface area contributed by atoms with Gasteiger partial charge in [-0.2, -0.15) is 5.26 Å². The first-order valence-corrected chi connectivity index (χ1v) is 10.1. The average Bonchev–Trinajstić information content (AvgIpc) is 3.31. The van der Waals surface area contributed by atoms with Gasteiger partial charge in [0.1, 0.15) is 11.9 Å². The Kier molecular flexibility index (Phi) is 5.00. The molecule has 1 saturated heterocycles. The number of likely N-dealkylation sites (tertiary alicyclic amines) is 1. The number of fused-ring (bicyclic) bond motifs is 1. The van der Waals surface area contributed by atoms with Gasteiger partial charge in [-0.3, -0.25) is 4.90 Å². The third-order valence-corrected chi connectivity index (χ3v) is 6.26. The van der Waals surface area contributed by atoms with Gasteiger partial charge < -0.3 is 5.32 Å². The molecule has 4 rings (SSSR count). The summed E-state index contributed by atoms with van der Waals surface area (Å²) in [6.45, 7) is 4.33. The number of aryl methyl sites for hydroxylation is 2. The Morgan fingerprint density at radius 3 is 2.96 bits per heavy atom. The van der Waals surface area contributed by atoms with E-state index < -0.39 is 0 Å². The van der Waals surface area contributed by atoms with Crippen LogP contribution in [-0.2, 0) is 19.4 Å². The van der Waals surface area contributed by atoms with Crippen molar-refractivity contribution in [1.82, 2.24) is 9.88 Å². The molecule has 3 heterocycles. The summed E-state index contributed by atoms with van der Waals surface area (Å²) in [4.78, 5) is 8.74. The van der Waals surface area contributed by atoms with Crippen molar-refractivity contribution < 1.29 is 0 Å². The number of pyridine rings is 1. The van der Waals surface area contributed by atoms with Crippen LogP contribution in [0, 0.1) is 17.2 Å². The van der Waals surface area contributed by atoms with E-state index in [0.717, 1.165) is 44.8 Å². The highest BCUT2D eigenvalue weighted by atomic mass is 32.1. The molecule has 2 aromatic heterocycles. The lowest BCUT2D eigenvalue weighted by Gasteiger charge is -2.31. The predicted octanol–water partition coefficient (Wildman–Crippen LogP) is 3.83. The van der Waals surface area contributed by atoms with Crippen LogP contribution in [0.4, 0.5) is 5.82 Å². The first-order chi connectivity index (χ1) is 12.3. The second-order valence-electron chi connectivity index (χ2n) is 7.14. The van der Waals surface area contributed by atoms with Gasteiger partial charge in [-0.05, 0) is 74.2 Å². The van der Waals surface area contributed by atoms with E-state index in [4.69, 9.17) is 4.98 Å². The molecule has 0 amide bonds. The number of nitrogens with one attached hydrogen (secondary N) is 1. The van der Waals surface area contributed by atoms with E-state index >= 15 is 0 Å². The predicted molar refractivity (Wildman–Crippen MR) is 102 cm³/mol. The summed E-state index contributed by atoms with van der Waals surface area (Å²) >= 11 is 1.85. The zero-order valence-corrected chi connectivity index (χ0v) is 15.3. The number of nitriles is 1. The van der Waals surface area contributed by atoms with Crippen molar-refractivity contribution in [2.45, 2.75) is 38.6 Å². The lowest BCUT2D eigenvalue weighted by Crippen LogP contribution is -2.35. The number of thiophene rings is 1. The van der Waals surface area contributed by atoms with Gasteiger partial charge in [-0.1, -0.05) is 6.07 Å². The first-order valence-electron chi connectivity index (χ1n) is 9.23. The fourth-order valence-corrected chi connectivity index (χ4v) is 4.65. The molecule has 1 aliphatic heterocycles. The minimum Gasteiger partial charge on any atom is -0.369 e. The molecule has 130 valence electrons. The molecule has 0 radical (unpaired) electrons. The van der Waals surface area contributed by atoms with Gasteiger partial charge in [-0.15, -0.1) is 11.3 Å². The summed E-state index contributed by atoms with van der Waals surface area (Å²) < 4.78 is 0. The van der Waals surface area contributed by atoms with E-state index in [1.807, 2.05) is 17.4 Å². The van der Waals surface area contributed by atoms with Gasteiger partial charge >= 0.3 is 0 Å². The second-order valence-corrected chi connectivity index (χ2v) is 8.17. The van der Waals surface area contributed by atoms with Crippen LogP contribution in [0.2, 0.25) is 0 Å². The molecule has 0 unspecified atom stereocenters. The number of hydrogen-bond acceptors (Lipinski definition) is 5. The lowest BCUT2D eigenvalue weighted by atomic mass is 9.96. The second kappa shape index (κ2) is 7.55. The normalized spacial score (nSPS) is 18.0. The number of piperidine rings is 1. The molecule has 1 aliphatic carbocycles. The minimum atomic E-state index is 0.668. The molecule has 0 saturated carbocycles. The number of aromatic nitrogens is 1. The Bertz CT molecular complexity index is 755. The van der Waals surface area contributed by atoms with Crippen molar-refractivity contribution in [3.8, 4) is 6.07 Å². The van der Waals surface area contributed by atoms with E-state index in [0.29, 0.717) is 11.5 Å². The standard InChI is InChI=1S/C20H24N4S/c21-12-17-11-16-3-1-5-19(16)23-20(17)22-13-15-6-8-24(9-7-15)14-18-4-2-10-25-18/h2,4,10-11,15H,1,3,5-9,13-14H2,(H,22,23). The van der Waals surface area contributed by atoms with Crippen molar-refractivity contribution in [2.24, 2.45) is 5.92 Å². The zero-order valence-electron chi connectivity index (χ0n) is 14.5. The van der Waals surface area contributed by atoms with Crippen molar-refractivity contribution >= 4 is 17.2 Å². The van der Waals surface area contributed by atoms with Crippen LogP contribution in [0.5, 0.6) is 0 Å². The molecule has 5 heteroatoms. The molecule has 0 aromatic carbocycles. The van der Waals surface area contributed by atoms with E-state index in [1.165, 1.54) is 35.4 Å². The van der Waals surface area contributed by atoms with Crippen LogP contribution in [0.15, 0.2) is 23.6 Å². The summed E-state index contributed by atoms with van der Waals surface area (Å²) in [6, 6.07) is 8.71. The molecule has 2 aliphatic rings. The topological polar surface area (TPSA) is 52.0 Å². The maximum atomic E-state index is 9.41. The van der Waals surface area contributed by atoms with E-state index in [-0.39, 0.29) is 0 Å². The van der Waals surface area contributed by atoms with Gasteiger partial charge in [0.2, 0.25) is 0 Å². The average molecular weight is 353 g/mol. The number of hydrogen-bond donors (Lipinski definition) is 1. The largest absolute Gasteiger partial charge is 0.369 e. The molecule has 2 aromatic rings. The molecule has 4 nitrogen and oxygen atoms in total. The van der Waals surface area contributed by atoms with Crippen molar-refractivity contribution in [3.63, 3.8) is 0 Å². The van der Waals surface area contributed by atoms with Crippen molar-refractivity contribution in [3.05, 3.63) is 45.3 Å². The molecule has 1 fully saturated rings. The molecule has 0 atom stereocenters. The molecule has 0 spiro atoms. The monoisotopic (exact) mass is 352 g/mol. The van der Waals surface area contributed by atoms with Gasteiger partial charge in [0, 0.05) is 23.7 Å².